The van der Waals surface area contributed by atoms with E-state index in [0.29, 0.717) is 13.0 Å². The molecular weight excluding hydrogens is 230 g/mol. The minimum atomic E-state index is 0.177. The minimum absolute atomic E-state index is 0.177. The largest absolute Gasteiger partial charge is 0.396 e. The van der Waals surface area contributed by atoms with Crippen LogP contribution < -0.4 is 10.6 Å². The van der Waals surface area contributed by atoms with Gasteiger partial charge in [0, 0.05) is 38.2 Å². The van der Waals surface area contributed by atoms with Crippen molar-refractivity contribution in [3.05, 3.63) is 36.4 Å². The van der Waals surface area contributed by atoms with E-state index in [4.69, 9.17) is 5.11 Å². The number of nitrogens with zero attached hydrogens (tertiary/aromatic N) is 2. The molecule has 2 aromatic rings. The first-order valence-corrected chi connectivity index (χ1v) is 5.91. The maximum absolute atomic E-state index is 8.70. The number of H-pyrrole nitrogens is 1. The van der Waals surface area contributed by atoms with Gasteiger partial charge in [-0.1, -0.05) is 0 Å². The molecule has 0 radical (unpaired) electrons. The number of anilines is 2. The predicted molar refractivity (Wildman–Crippen MR) is 70.3 cm³/mol. The van der Waals surface area contributed by atoms with Crippen molar-refractivity contribution in [3.63, 3.8) is 0 Å². The van der Waals surface area contributed by atoms with Crippen molar-refractivity contribution in [2.45, 2.75) is 13.0 Å². The molecule has 18 heavy (non-hydrogen) atoms. The van der Waals surface area contributed by atoms with Gasteiger partial charge in [-0.3, -0.25) is 0 Å². The highest BCUT2D eigenvalue weighted by atomic mass is 16.3. The maximum atomic E-state index is 8.70. The van der Waals surface area contributed by atoms with E-state index in [-0.39, 0.29) is 6.61 Å². The molecule has 2 aromatic heterocycles. The lowest BCUT2D eigenvalue weighted by atomic mass is 10.3. The van der Waals surface area contributed by atoms with E-state index in [9.17, 15) is 0 Å². The Hall–Kier alpha value is -2.08. The van der Waals surface area contributed by atoms with Crippen LogP contribution >= 0.6 is 0 Å². The average molecular weight is 247 g/mol. The Morgan fingerprint density at radius 2 is 2.06 bits per heavy atom. The number of aliphatic hydroxyl groups is 1. The monoisotopic (exact) mass is 247 g/mol. The molecular formula is C12H17N5O. The molecule has 96 valence electrons. The molecule has 0 atom stereocenters. The van der Waals surface area contributed by atoms with E-state index >= 15 is 0 Å². The molecule has 6 heteroatoms. The van der Waals surface area contributed by atoms with Crippen LogP contribution in [0.15, 0.2) is 30.9 Å². The second-order valence-electron chi connectivity index (χ2n) is 3.87. The molecule has 0 aromatic carbocycles. The summed E-state index contributed by atoms with van der Waals surface area (Å²) in [5.41, 5.74) is 1.17. The highest BCUT2D eigenvalue weighted by Crippen LogP contribution is 2.10. The summed E-state index contributed by atoms with van der Waals surface area (Å²) in [5.74, 6) is 1.53. The second-order valence-corrected chi connectivity index (χ2v) is 3.87. The van der Waals surface area contributed by atoms with Gasteiger partial charge < -0.3 is 20.7 Å². The smallest absolute Gasteiger partial charge is 0.131 e. The molecule has 0 bridgehead atoms. The van der Waals surface area contributed by atoms with E-state index in [1.807, 2.05) is 24.5 Å². The lowest BCUT2D eigenvalue weighted by Gasteiger charge is -2.07. The summed E-state index contributed by atoms with van der Waals surface area (Å²) in [6.45, 7) is 1.60. The Labute approximate surface area is 105 Å². The van der Waals surface area contributed by atoms with Gasteiger partial charge in [0.15, 0.2) is 0 Å². The summed E-state index contributed by atoms with van der Waals surface area (Å²) in [4.78, 5) is 11.3. The van der Waals surface area contributed by atoms with Gasteiger partial charge in [0.25, 0.3) is 0 Å². The summed E-state index contributed by atoms with van der Waals surface area (Å²) >= 11 is 0. The van der Waals surface area contributed by atoms with Gasteiger partial charge in [0.2, 0.25) is 0 Å². The Kier molecular flexibility index (Phi) is 4.54. The number of aliphatic hydroxyl groups excluding tert-OH is 1. The first kappa shape index (κ1) is 12.4. The molecule has 0 spiro atoms. The van der Waals surface area contributed by atoms with Crippen molar-refractivity contribution in [2.24, 2.45) is 0 Å². The Morgan fingerprint density at radius 3 is 2.78 bits per heavy atom. The van der Waals surface area contributed by atoms with Crippen LogP contribution in [0.4, 0.5) is 11.6 Å². The van der Waals surface area contributed by atoms with Gasteiger partial charge in [0.05, 0.1) is 0 Å². The first-order valence-electron chi connectivity index (χ1n) is 5.91. The van der Waals surface area contributed by atoms with E-state index in [0.717, 1.165) is 18.2 Å². The fraction of sp³-hybridized carbons (Fsp3) is 0.333. The summed E-state index contributed by atoms with van der Waals surface area (Å²) in [6.07, 6.45) is 6.05. The van der Waals surface area contributed by atoms with E-state index < -0.39 is 0 Å². The van der Waals surface area contributed by atoms with Crippen LogP contribution in [-0.2, 0) is 6.54 Å². The van der Waals surface area contributed by atoms with Crippen LogP contribution in [0.3, 0.4) is 0 Å². The molecule has 2 heterocycles. The number of hydrogen-bond donors (Lipinski definition) is 4. The van der Waals surface area contributed by atoms with Crippen molar-refractivity contribution in [2.75, 3.05) is 23.8 Å². The quantitative estimate of drug-likeness (QED) is 0.553. The maximum Gasteiger partial charge on any atom is 0.131 e. The van der Waals surface area contributed by atoms with Crippen molar-refractivity contribution in [1.29, 1.82) is 0 Å². The topological polar surface area (TPSA) is 85.9 Å². The van der Waals surface area contributed by atoms with Gasteiger partial charge in [-0.2, -0.15) is 0 Å². The number of nitrogens with one attached hydrogen (secondary N) is 3. The van der Waals surface area contributed by atoms with Crippen molar-refractivity contribution < 1.29 is 5.11 Å². The molecule has 0 saturated carbocycles. The molecule has 0 aliphatic heterocycles. The van der Waals surface area contributed by atoms with Crippen LogP contribution in [0.5, 0.6) is 0 Å². The summed E-state index contributed by atoms with van der Waals surface area (Å²) in [6, 6.07) is 3.86. The lowest BCUT2D eigenvalue weighted by Crippen LogP contribution is -2.07. The Bertz CT molecular complexity index is 457. The third-order valence-electron chi connectivity index (χ3n) is 2.44. The van der Waals surface area contributed by atoms with Gasteiger partial charge in [-0.05, 0) is 18.1 Å². The number of hydrogen-bond acceptors (Lipinski definition) is 5. The molecule has 6 nitrogen and oxygen atoms in total. The fourth-order valence-corrected chi connectivity index (χ4v) is 1.51. The number of rotatable bonds is 7. The SMILES string of the molecule is OCCCNc1cc(NCc2cc[nH]c2)ncn1. The molecule has 2 rings (SSSR count). The van der Waals surface area contributed by atoms with Crippen LogP contribution in [-0.4, -0.2) is 33.2 Å². The molecule has 0 unspecified atom stereocenters. The molecule has 0 aliphatic carbocycles. The minimum Gasteiger partial charge on any atom is -0.396 e. The summed E-state index contributed by atoms with van der Waals surface area (Å²) < 4.78 is 0. The zero-order valence-electron chi connectivity index (χ0n) is 10.1. The predicted octanol–water partition coefficient (Wildman–Crippen LogP) is 1.21. The highest BCUT2D eigenvalue weighted by Gasteiger charge is 1.98. The molecule has 0 amide bonds. The zero-order valence-corrected chi connectivity index (χ0v) is 10.1. The second kappa shape index (κ2) is 6.61. The summed E-state index contributed by atoms with van der Waals surface area (Å²) in [7, 11) is 0. The van der Waals surface area contributed by atoms with Crippen molar-refractivity contribution >= 4 is 11.6 Å². The van der Waals surface area contributed by atoms with Gasteiger partial charge in [-0.15, -0.1) is 0 Å². The van der Waals surface area contributed by atoms with Crippen LogP contribution in [0.25, 0.3) is 0 Å². The third-order valence-corrected chi connectivity index (χ3v) is 2.44. The molecule has 0 aliphatic rings. The Balaban J connectivity index is 1.86. The van der Waals surface area contributed by atoms with Crippen molar-refractivity contribution in [1.82, 2.24) is 15.0 Å². The first-order chi connectivity index (χ1) is 8.88. The number of aromatic nitrogens is 3. The summed E-state index contributed by atoms with van der Waals surface area (Å²) in [5, 5.41) is 15.0. The molecule has 0 saturated heterocycles. The highest BCUT2D eigenvalue weighted by molar-refractivity contribution is 5.46. The van der Waals surface area contributed by atoms with Crippen LogP contribution in [0.2, 0.25) is 0 Å². The fourth-order valence-electron chi connectivity index (χ4n) is 1.51. The van der Waals surface area contributed by atoms with E-state index in [1.54, 1.807) is 0 Å². The van der Waals surface area contributed by atoms with Gasteiger partial charge >= 0.3 is 0 Å². The van der Waals surface area contributed by atoms with Gasteiger partial charge in [0.1, 0.15) is 18.0 Å². The zero-order chi connectivity index (χ0) is 12.6. The normalized spacial score (nSPS) is 10.3. The molecule has 4 N–H and O–H groups in total. The van der Waals surface area contributed by atoms with E-state index in [1.165, 1.54) is 11.9 Å². The van der Waals surface area contributed by atoms with Crippen LogP contribution in [0.1, 0.15) is 12.0 Å². The third kappa shape index (κ3) is 3.74. The standard InChI is InChI=1S/C12H17N5O/c18-5-1-3-14-11-6-12(17-9-16-11)15-8-10-2-4-13-7-10/h2,4,6-7,9,13,18H,1,3,5,8H2,(H2,14,15,16,17). The Morgan fingerprint density at radius 1 is 1.22 bits per heavy atom. The number of aromatic amines is 1. The van der Waals surface area contributed by atoms with Crippen LogP contribution in [0, 0.1) is 0 Å². The molecule has 0 fully saturated rings. The van der Waals surface area contributed by atoms with Gasteiger partial charge in [-0.25, -0.2) is 9.97 Å². The average Bonchev–Trinajstić information content (AvgIpc) is 2.90. The van der Waals surface area contributed by atoms with E-state index in [2.05, 4.69) is 25.6 Å². The lowest BCUT2D eigenvalue weighted by molar-refractivity contribution is 0.292. The van der Waals surface area contributed by atoms with Crippen molar-refractivity contribution in [3.8, 4) is 0 Å².